The van der Waals surface area contributed by atoms with Crippen LogP contribution < -0.4 is 10.6 Å². The number of rotatable bonds is 7. The van der Waals surface area contributed by atoms with E-state index >= 15 is 0 Å². The van der Waals surface area contributed by atoms with Gasteiger partial charge in [-0.2, -0.15) is 0 Å². The van der Waals surface area contributed by atoms with Crippen LogP contribution in [0, 0.1) is 0 Å². The maximum absolute atomic E-state index is 12.5. The molecule has 0 aliphatic carbocycles. The van der Waals surface area contributed by atoms with Gasteiger partial charge in [0.25, 0.3) is 5.91 Å². The molecule has 2 heterocycles. The fourth-order valence-corrected chi connectivity index (χ4v) is 5.40. The first-order valence-corrected chi connectivity index (χ1v) is 11.2. The Labute approximate surface area is 166 Å². The fraction of sp³-hybridized carbons (Fsp3) is 0.619. The van der Waals surface area contributed by atoms with Crippen LogP contribution in [0.3, 0.4) is 0 Å². The molecular weight excluding hydrogens is 358 g/mol. The Balaban J connectivity index is 1.40. The third kappa shape index (κ3) is 5.48. The molecule has 6 heteroatoms. The lowest BCUT2D eigenvalue weighted by molar-refractivity contribution is -0.714. The number of benzene rings is 1. The van der Waals surface area contributed by atoms with Gasteiger partial charge in [0, 0.05) is 38.9 Å². The molecule has 0 unspecified atom stereocenters. The maximum atomic E-state index is 12.5. The van der Waals surface area contributed by atoms with E-state index in [1.807, 2.05) is 34.9 Å². The predicted molar refractivity (Wildman–Crippen MR) is 109 cm³/mol. The highest BCUT2D eigenvalue weighted by Crippen LogP contribution is 2.34. The van der Waals surface area contributed by atoms with Crippen molar-refractivity contribution in [2.45, 2.75) is 56.4 Å². The van der Waals surface area contributed by atoms with Gasteiger partial charge >= 0.3 is 0 Å². The fourth-order valence-electron chi connectivity index (χ4n) is 3.91. The van der Waals surface area contributed by atoms with E-state index in [0.717, 1.165) is 50.9 Å². The van der Waals surface area contributed by atoms with Gasteiger partial charge in [-0.1, -0.05) is 55.4 Å². The number of nitrogens with two attached hydrogens (primary N) is 1. The number of carbonyl (C=O) groups is 2. The molecule has 1 atom stereocenters. The molecule has 2 aliphatic heterocycles. The van der Waals surface area contributed by atoms with Crippen molar-refractivity contribution in [2.24, 2.45) is 0 Å². The van der Waals surface area contributed by atoms with Crippen LogP contribution in [0.25, 0.3) is 0 Å². The minimum atomic E-state index is -0.00637. The van der Waals surface area contributed by atoms with Crippen LogP contribution in [0.4, 0.5) is 0 Å². The highest BCUT2D eigenvalue weighted by molar-refractivity contribution is 8.00. The lowest BCUT2D eigenvalue weighted by atomic mass is 10.0. The second-order valence-electron chi connectivity index (χ2n) is 7.66. The number of hydrogen-bond donors (Lipinski definition) is 2. The van der Waals surface area contributed by atoms with Crippen molar-refractivity contribution in [3.8, 4) is 0 Å². The molecule has 1 aromatic carbocycles. The maximum Gasteiger partial charge on any atom is 0.279 e. The zero-order valence-corrected chi connectivity index (χ0v) is 17.1. The van der Waals surface area contributed by atoms with E-state index < -0.39 is 0 Å². The quantitative estimate of drug-likeness (QED) is 0.742. The summed E-state index contributed by atoms with van der Waals surface area (Å²) >= 11 is 1.91. The molecule has 0 radical (unpaired) electrons. The zero-order valence-electron chi connectivity index (χ0n) is 16.3. The molecule has 1 spiro atoms. The van der Waals surface area contributed by atoms with Crippen LogP contribution in [0.15, 0.2) is 30.3 Å². The Kier molecular flexibility index (Phi) is 7.19. The normalized spacial score (nSPS) is 21.4. The summed E-state index contributed by atoms with van der Waals surface area (Å²) in [6.07, 6.45) is 5.53. The number of piperidine rings is 1. The number of carbonyl (C=O) groups excluding carboxylic acids is 2. The van der Waals surface area contributed by atoms with E-state index in [0.29, 0.717) is 18.9 Å². The van der Waals surface area contributed by atoms with E-state index in [9.17, 15) is 9.59 Å². The van der Waals surface area contributed by atoms with Gasteiger partial charge in [0.15, 0.2) is 6.04 Å². The Morgan fingerprint density at radius 2 is 2.00 bits per heavy atom. The number of unbranched alkanes of at least 4 members (excludes halogenated alkanes) is 1. The van der Waals surface area contributed by atoms with Crippen LogP contribution in [0.2, 0.25) is 0 Å². The van der Waals surface area contributed by atoms with Crippen LogP contribution in [0.5, 0.6) is 0 Å². The summed E-state index contributed by atoms with van der Waals surface area (Å²) in [5.41, 5.74) is 1.25. The lowest BCUT2D eigenvalue weighted by Crippen LogP contribution is -2.99. The van der Waals surface area contributed by atoms with Gasteiger partial charge in [0.05, 0.1) is 5.75 Å². The van der Waals surface area contributed by atoms with Crippen LogP contribution in [-0.4, -0.2) is 53.0 Å². The minimum Gasteiger partial charge on any atom is -0.351 e. The van der Waals surface area contributed by atoms with E-state index in [1.165, 1.54) is 5.56 Å². The van der Waals surface area contributed by atoms with Gasteiger partial charge < -0.3 is 15.5 Å². The lowest BCUT2D eigenvalue weighted by Gasteiger charge is -2.36. The largest absolute Gasteiger partial charge is 0.351 e. The summed E-state index contributed by atoms with van der Waals surface area (Å²) in [6.45, 7) is 4.46. The number of nitrogens with one attached hydrogen (secondary N) is 1. The summed E-state index contributed by atoms with van der Waals surface area (Å²) < 4.78 is 0. The van der Waals surface area contributed by atoms with Crippen molar-refractivity contribution in [3.63, 3.8) is 0 Å². The first-order valence-electron chi connectivity index (χ1n) is 10.2. The van der Waals surface area contributed by atoms with Crippen molar-refractivity contribution in [2.75, 3.05) is 25.4 Å². The highest BCUT2D eigenvalue weighted by atomic mass is 32.2. The topological polar surface area (TPSA) is 66.0 Å². The zero-order chi connectivity index (χ0) is 19.1. The molecule has 3 N–H and O–H groups in total. The number of nitrogens with zero attached hydrogens (tertiary/aromatic N) is 1. The summed E-state index contributed by atoms with van der Waals surface area (Å²) in [5.74, 6) is 1.31. The van der Waals surface area contributed by atoms with E-state index in [-0.39, 0.29) is 16.8 Å². The van der Waals surface area contributed by atoms with Gasteiger partial charge in [0.2, 0.25) is 5.91 Å². The second-order valence-corrected chi connectivity index (χ2v) is 9.09. The van der Waals surface area contributed by atoms with Gasteiger partial charge in [-0.25, -0.2) is 0 Å². The predicted octanol–water partition coefficient (Wildman–Crippen LogP) is 1.53. The third-order valence-electron chi connectivity index (χ3n) is 5.65. The average Bonchev–Trinajstić information content (AvgIpc) is 3.11. The highest BCUT2D eigenvalue weighted by Gasteiger charge is 2.48. The monoisotopic (exact) mass is 390 g/mol. The summed E-state index contributed by atoms with van der Waals surface area (Å²) in [5, 5.41) is 5.36. The summed E-state index contributed by atoms with van der Waals surface area (Å²) in [6, 6.07) is 10.2. The number of quaternary nitrogens is 1. The molecule has 3 rings (SSSR count). The van der Waals surface area contributed by atoms with Crippen molar-refractivity contribution in [1.29, 1.82) is 0 Å². The summed E-state index contributed by atoms with van der Waals surface area (Å²) in [4.78, 5) is 26.8. The molecule has 0 bridgehead atoms. The number of hydrogen-bond acceptors (Lipinski definition) is 3. The molecule has 0 saturated carbocycles. The number of thioether (sulfide) groups is 1. The van der Waals surface area contributed by atoms with Crippen LogP contribution in [-0.2, 0) is 16.0 Å². The smallest absolute Gasteiger partial charge is 0.279 e. The average molecular weight is 391 g/mol. The third-order valence-corrected chi connectivity index (χ3v) is 7.30. The Bertz CT molecular complexity index is 630. The van der Waals surface area contributed by atoms with Crippen molar-refractivity contribution in [1.82, 2.24) is 10.2 Å². The second kappa shape index (κ2) is 9.60. The van der Waals surface area contributed by atoms with E-state index in [2.05, 4.69) is 29.7 Å². The molecular formula is C21H32N3O2S+. The molecule has 27 heavy (non-hydrogen) atoms. The molecule has 1 aromatic rings. The number of likely N-dealkylation sites (tertiary alicyclic amines) is 1. The summed E-state index contributed by atoms with van der Waals surface area (Å²) in [7, 11) is 0. The Morgan fingerprint density at radius 1 is 1.26 bits per heavy atom. The molecule has 2 saturated heterocycles. The first-order chi connectivity index (χ1) is 13.1. The van der Waals surface area contributed by atoms with Gasteiger partial charge in [-0.15, -0.1) is 0 Å². The first kappa shape index (κ1) is 20.2. The van der Waals surface area contributed by atoms with Gasteiger partial charge in [0.1, 0.15) is 4.87 Å². The van der Waals surface area contributed by atoms with Crippen LogP contribution >= 0.6 is 11.8 Å². The van der Waals surface area contributed by atoms with E-state index in [1.54, 1.807) is 0 Å². The molecule has 2 aliphatic rings. The molecule has 0 aromatic heterocycles. The van der Waals surface area contributed by atoms with Gasteiger partial charge in [-0.05, 0) is 18.4 Å². The Morgan fingerprint density at radius 3 is 2.70 bits per heavy atom. The standard InChI is InChI=1S/C21H31N3O2S/c1-2-3-9-19(25)24-14-11-21(12-15-24)23-18(16-27-21)20(26)22-13-10-17-7-5-4-6-8-17/h4-8,18,23H,2-3,9-16H2,1H3,(H,22,26)/p+1/t18-/m0/s1. The molecule has 2 fully saturated rings. The Hall–Kier alpha value is -1.53. The SMILES string of the molecule is CCCCC(=O)N1CCC2(CC1)[NH2+][C@H](C(=O)NCCc1ccccc1)CS2. The van der Waals surface area contributed by atoms with Crippen molar-refractivity contribution in [3.05, 3.63) is 35.9 Å². The molecule has 2 amide bonds. The number of amides is 2. The van der Waals surface area contributed by atoms with Crippen LogP contribution in [0.1, 0.15) is 44.6 Å². The van der Waals surface area contributed by atoms with E-state index in [4.69, 9.17) is 0 Å². The van der Waals surface area contributed by atoms with Gasteiger partial charge in [-0.3, -0.25) is 9.59 Å². The molecule has 148 valence electrons. The molecule has 5 nitrogen and oxygen atoms in total. The minimum absolute atomic E-state index is 0.00637. The van der Waals surface area contributed by atoms with Crippen molar-refractivity contribution >= 4 is 23.6 Å². The van der Waals surface area contributed by atoms with Crippen molar-refractivity contribution < 1.29 is 14.9 Å².